The quantitative estimate of drug-likeness (QED) is 0.356. The van der Waals surface area contributed by atoms with E-state index in [4.69, 9.17) is 15.5 Å². The molecule has 0 saturated heterocycles. The molecule has 12 heteroatoms. The third-order valence-electron chi connectivity index (χ3n) is 7.73. The van der Waals surface area contributed by atoms with Gasteiger partial charge in [0.25, 0.3) is 5.91 Å². The Balaban J connectivity index is 1.39. The lowest BCUT2D eigenvalue weighted by Crippen LogP contribution is -2.29. The first-order chi connectivity index (χ1) is 18.2. The van der Waals surface area contributed by atoms with Crippen LogP contribution in [0.25, 0.3) is 16.9 Å². The molecule has 1 atom stereocenters. The van der Waals surface area contributed by atoms with Crippen molar-refractivity contribution in [3.63, 3.8) is 0 Å². The standard InChI is InChI=1S/C26H33N7O4S/c1-15(16-3-4-16)32-13-18-11-17(12-22(20(18)14-32)31-38(35,36)10-9-37-2)21-7-8-33-25(29-21)23(24(27)30-33)26(34)28-19-5-6-19/h7-8,11-12,15-16,19,31H,3-6,9-10,13-14H2,1-2H3,(H2,27,30)(H,28,34)/t15-/m0/s1. The van der Waals surface area contributed by atoms with E-state index in [1.807, 2.05) is 6.07 Å². The predicted octanol–water partition coefficient (Wildman–Crippen LogP) is 2.37. The molecule has 4 N–H and O–H groups in total. The van der Waals surface area contributed by atoms with E-state index in [9.17, 15) is 13.2 Å². The lowest BCUT2D eigenvalue weighted by molar-refractivity contribution is 0.0953. The number of aromatic nitrogens is 3. The Morgan fingerprint density at radius 1 is 1.24 bits per heavy atom. The van der Waals surface area contributed by atoms with Crippen LogP contribution in [0.2, 0.25) is 0 Å². The van der Waals surface area contributed by atoms with Crippen LogP contribution in [0.15, 0.2) is 24.4 Å². The van der Waals surface area contributed by atoms with Crippen molar-refractivity contribution in [1.29, 1.82) is 0 Å². The Hall–Kier alpha value is -3.22. The summed E-state index contributed by atoms with van der Waals surface area (Å²) in [4.78, 5) is 20.1. The van der Waals surface area contributed by atoms with Crippen molar-refractivity contribution in [1.82, 2.24) is 24.8 Å². The number of carbonyl (C=O) groups is 1. The number of amides is 1. The van der Waals surface area contributed by atoms with E-state index in [1.165, 1.54) is 24.5 Å². The summed E-state index contributed by atoms with van der Waals surface area (Å²) in [6.45, 7) is 3.78. The van der Waals surface area contributed by atoms with Gasteiger partial charge in [0.1, 0.15) is 5.56 Å². The first-order valence-corrected chi connectivity index (χ1v) is 14.7. The van der Waals surface area contributed by atoms with Gasteiger partial charge in [0.2, 0.25) is 10.0 Å². The van der Waals surface area contributed by atoms with Crippen molar-refractivity contribution in [2.75, 3.05) is 29.9 Å². The summed E-state index contributed by atoms with van der Waals surface area (Å²) < 4.78 is 35.0. The number of ether oxygens (including phenoxy) is 1. The summed E-state index contributed by atoms with van der Waals surface area (Å²) in [7, 11) is -2.13. The van der Waals surface area contributed by atoms with Crippen molar-refractivity contribution in [3.05, 3.63) is 41.1 Å². The van der Waals surface area contributed by atoms with Crippen molar-refractivity contribution in [2.24, 2.45) is 5.92 Å². The average Bonchev–Trinajstić information content (AvgIpc) is 3.80. The highest BCUT2D eigenvalue weighted by atomic mass is 32.2. The highest BCUT2D eigenvalue weighted by Crippen LogP contribution is 2.41. The molecule has 3 aromatic rings. The Bertz CT molecular complexity index is 1510. The highest BCUT2D eigenvalue weighted by Gasteiger charge is 2.36. The zero-order valence-corrected chi connectivity index (χ0v) is 22.4. The normalized spacial score (nSPS) is 18.5. The van der Waals surface area contributed by atoms with Gasteiger partial charge in [-0.05, 0) is 67.9 Å². The molecule has 0 spiro atoms. The second-order valence-corrected chi connectivity index (χ2v) is 12.5. The number of anilines is 2. The van der Waals surface area contributed by atoms with Crippen molar-refractivity contribution < 1.29 is 17.9 Å². The minimum atomic E-state index is -3.61. The number of methoxy groups -OCH3 is 1. The maximum Gasteiger partial charge on any atom is 0.259 e. The largest absolute Gasteiger partial charge is 0.384 e. The SMILES string of the molecule is COCCS(=O)(=O)Nc1cc(-c2ccn3nc(N)c(C(=O)NC4CC4)c3n2)cc2c1CN([C@@H](C)C1CC1)C2. The molecule has 2 fully saturated rings. The third kappa shape index (κ3) is 4.95. The summed E-state index contributed by atoms with van der Waals surface area (Å²) in [5, 5.41) is 7.22. The number of fused-ring (bicyclic) bond motifs is 2. The molecule has 1 aromatic carbocycles. The van der Waals surface area contributed by atoms with Crippen molar-refractivity contribution >= 4 is 33.1 Å². The lowest BCUT2D eigenvalue weighted by Gasteiger charge is -2.23. The Morgan fingerprint density at radius 3 is 2.74 bits per heavy atom. The van der Waals surface area contributed by atoms with E-state index >= 15 is 0 Å². The molecule has 38 heavy (non-hydrogen) atoms. The van der Waals surface area contributed by atoms with Crippen LogP contribution in [0.3, 0.4) is 0 Å². The first-order valence-electron chi connectivity index (χ1n) is 13.1. The minimum absolute atomic E-state index is 0.106. The van der Waals surface area contributed by atoms with Crippen LogP contribution in [0.1, 0.15) is 54.1 Å². The number of nitrogen functional groups attached to an aromatic ring is 1. The fourth-order valence-electron chi connectivity index (χ4n) is 5.16. The van der Waals surface area contributed by atoms with E-state index < -0.39 is 10.0 Å². The van der Waals surface area contributed by atoms with E-state index in [1.54, 1.807) is 12.3 Å². The molecule has 0 unspecified atom stereocenters. The Labute approximate surface area is 221 Å². The van der Waals surface area contributed by atoms with Crippen LogP contribution in [0, 0.1) is 5.92 Å². The molecule has 1 amide bonds. The maximum absolute atomic E-state index is 12.9. The average molecular weight is 540 g/mol. The number of nitrogens with one attached hydrogen (secondary N) is 2. The van der Waals surface area contributed by atoms with Crippen LogP contribution in [-0.4, -0.2) is 65.4 Å². The van der Waals surface area contributed by atoms with E-state index in [-0.39, 0.29) is 35.7 Å². The Morgan fingerprint density at radius 2 is 2.03 bits per heavy atom. The molecular weight excluding hydrogens is 506 g/mol. The summed E-state index contributed by atoms with van der Waals surface area (Å²) in [5.41, 5.74) is 10.7. The number of hydrogen-bond acceptors (Lipinski definition) is 8. The van der Waals surface area contributed by atoms with Crippen LogP contribution in [-0.2, 0) is 27.8 Å². The molecule has 3 heterocycles. The van der Waals surface area contributed by atoms with Gasteiger partial charge in [-0.15, -0.1) is 5.10 Å². The van der Waals surface area contributed by atoms with Gasteiger partial charge in [-0.3, -0.25) is 14.4 Å². The second kappa shape index (κ2) is 9.51. The zero-order valence-electron chi connectivity index (χ0n) is 21.6. The summed E-state index contributed by atoms with van der Waals surface area (Å²) in [6.07, 6.45) is 6.12. The monoisotopic (exact) mass is 539 g/mol. The molecule has 2 aliphatic carbocycles. The van der Waals surface area contributed by atoms with Crippen LogP contribution >= 0.6 is 0 Å². The number of benzene rings is 1. The minimum Gasteiger partial charge on any atom is -0.384 e. The molecule has 3 aliphatic rings. The Kier molecular flexibility index (Phi) is 6.28. The molecular formula is C26H33N7O4S. The van der Waals surface area contributed by atoms with E-state index in [0.29, 0.717) is 35.5 Å². The van der Waals surface area contributed by atoms with Crippen molar-refractivity contribution in [3.8, 4) is 11.3 Å². The van der Waals surface area contributed by atoms with Gasteiger partial charge in [-0.2, -0.15) is 0 Å². The number of rotatable bonds is 10. The lowest BCUT2D eigenvalue weighted by atomic mass is 10.0. The molecule has 202 valence electrons. The summed E-state index contributed by atoms with van der Waals surface area (Å²) in [6, 6.07) is 6.31. The van der Waals surface area contributed by atoms with Gasteiger partial charge in [0.15, 0.2) is 11.5 Å². The first kappa shape index (κ1) is 25.1. The van der Waals surface area contributed by atoms with Crippen LogP contribution in [0.4, 0.5) is 11.5 Å². The number of nitrogens with zero attached hydrogens (tertiary/aromatic N) is 4. The maximum atomic E-state index is 12.9. The van der Waals surface area contributed by atoms with Crippen LogP contribution < -0.4 is 15.8 Å². The predicted molar refractivity (Wildman–Crippen MR) is 144 cm³/mol. The van der Waals surface area contributed by atoms with E-state index in [2.05, 4.69) is 33.0 Å². The molecule has 2 aromatic heterocycles. The highest BCUT2D eigenvalue weighted by molar-refractivity contribution is 7.92. The van der Waals surface area contributed by atoms with E-state index in [0.717, 1.165) is 36.1 Å². The molecule has 11 nitrogen and oxygen atoms in total. The third-order valence-corrected chi connectivity index (χ3v) is 8.96. The van der Waals surface area contributed by atoms with Gasteiger partial charge in [0, 0.05) is 44.0 Å². The smallest absolute Gasteiger partial charge is 0.259 e. The number of hydrogen-bond donors (Lipinski definition) is 3. The van der Waals surface area contributed by atoms with Crippen LogP contribution in [0.5, 0.6) is 0 Å². The number of carbonyl (C=O) groups excluding carboxylic acids is 1. The number of nitrogens with two attached hydrogens (primary N) is 1. The van der Waals surface area contributed by atoms with Gasteiger partial charge >= 0.3 is 0 Å². The molecule has 6 rings (SSSR count). The topological polar surface area (TPSA) is 144 Å². The summed E-state index contributed by atoms with van der Waals surface area (Å²) >= 11 is 0. The summed E-state index contributed by atoms with van der Waals surface area (Å²) in [5.74, 6) is 0.402. The molecule has 1 aliphatic heterocycles. The zero-order chi connectivity index (χ0) is 26.6. The number of sulfonamides is 1. The fraction of sp³-hybridized carbons (Fsp3) is 0.500. The van der Waals surface area contributed by atoms with Crippen molar-refractivity contribution in [2.45, 2.75) is 57.8 Å². The molecule has 0 bridgehead atoms. The second-order valence-electron chi connectivity index (χ2n) is 10.6. The van der Waals surface area contributed by atoms with Gasteiger partial charge in [-0.1, -0.05) is 0 Å². The molecule has 2 saturated carbocycles. The van der Waals surface area contributed by atoms with Gasteiger partial charge in [0.05, 0.1) is 23.7 Å². The van der Waals surface area contributed by atoms with Gasteiger partial charge < -0.3 is 15.8 Å². The van der Waals surface area contributed by atoms with Gasteiger partial charge in [-0.25, -0.2) is 17.9 Å². The molecule has 0 radical (unpaired) electrons. The fourth-order valence-corrected chi connectivity index (χ4v) is 6.17.